The summed E-state index contributed by atoms with van der Waals surface area (Å²) in [5.74, 6) is 0. The maximum atomic E-state index is 9.79. The summed E-state index contributed by atoms with van der Waals surface area (Å²) in [4.78, 5) is 0. The summed E-state index contributed by atoms with van der Waals surface area (Å²) in [5, 5.41) is 12.7. The van der Waals surface area contributed by atoms with Crippen LogP contribution in [0.15, 0.2) is 24.3 Å². The van der Waals surface area contributed by atoms with E-state index in [9.17, 15) is 5.11 Å². The van der Waals surface area contributed by atoms with E-state index in [4.69, 9.17) is 16.3 Å². The summed E-state index contributed by atoms with van der Waals surface area (Å²) < 4.78 is 5.67. The average Bonchev–Trinajstić information content (AvgIpc) is 3.18. The molecule has 0 amide bonds. The Morgan fingerprint density at radius 1 is 1.39 bits per heavy atom. The highest BCUT2D eigenvalue weighted by Gasteiger charge is 2.26. The van der Waals surface area contributed by atoms with Crippen molar-refractivity contribution in [3.05, 3.63) is 34.9 Å². The molecular formula is C14H21ClNO2+. The summed E-state index contributed by atoms with van der Waals surface area (Å²) in [6.07, 6.45) is 2.17. The average molecular weight is 271 g/mol. The summed E-state index contributed by atoms with van der Waals surface area (Å²) in [7, 11) is 0. The largest absolute Gasteiger partial charge is 0.385 e. The van der Waals surface area contributed by atoms with Gasteiger partial charge in [0.1, 0.15) is 12.6 Å². The molecule has 2 atom stereocenters. The highest BCUT2D eigenvalue weighted by atomic mass is 35.5. The van der Waals surface area contributed by atoms with Crippen LogP contribution in [0.25, 0.3) is 0 Å². The second-order valence-electron chi connectivity index (χ2n) is 4.99. The smallest absolute Gasteiger partial charge is 0.126 e. The van der Waals surface area contributed by atoms with E-state index in [0.717, 1.165) is 23.2 Å². The Morgan fingerprint density at radius 3 is 2.67 bits per heavy atom. The Balaban J connectivity index is 1.69. The van der Waals surface area contributed by atoms with Gasteiger partial charge in [0.05, 0.1) is 18.8 Å². The first-order chi connectivity index (χ1) is 8.65. The van der Waals surface area contributed by atoms with Crippen LogP contribution in [0, 0.1) is 0 Å². The third-order valence-electron chi connectivity index (χ3n) is 3.24. The van der Waals surface area contributed by atoms with Crippen molar-refractivity contribution in [1.82, 2.24) is 0 Å². The Morgan fingerprint density at radius 2 is 2.06 bits per heavy atom. The van der Waals surface area contributed by atoms with Crippen LogP contribution in [0.3, 0.4) is 0 Å². The molecule has 0 aromatic heterocycles. The predicted molar refractivity (Wildman–Crippen MR) is 71.6 cm³/mol. The van der Waals surface area contributed by atoms with Crippen LogP contribution < -0.4 is 5.32 Å². The second kappa shape index (κ2) is 6.53. The number of halogens is 1. The molecule has 0 radical (unpaired) electrons. The molecule has 18 heavy (non-hydrogen) atoms. The van der Waals surface area contributed by atoms with Gasteiger partial charge in [-0.15, -0.1) is 0 Å². The molecule has 1 aliphatic rings. The lowest BCUT2D eigenvalue weighted by molar-refractivity contribution is -0.674. The lowest BCUT2D eigenvalue weighted by Gasteiger charge is -2.16. The van der Waals surface area contributed by atoms with Crippen LogP contribution in [0.2, 0.25) is 5.02 Å². The fraction of sp³-hybridized carbons (Fsp3) is 0.571. The first-order valence-electron chi connectivity index (χ1n) is 6.53. The summed E-state index contributed by atoms with van der Waals surface area (Å²) >= 11 is 5.84. The van der Waals surface area contributed by atoms with Crippen molar-refractivity contribution in [3.8, 4) is 0 Å². The van der Waals surface area contributed by atoms with E-state index in [0.29, 0.717) is 6.61 Å². The number of ether oxygens (including phenoxy) is 1. The molecule has 1 fully saturated rings. The van der Waals surface area contributed by atoms with E-state index in [-0.39, 0.29) is 12.2 Å². The minimum Gasteiger partial charge on any atom is -0.385 e. The second-order valence-corrected chi connectivity index (χ2v) is 5.43. The van der Waals surface area contributed by atoms with Gasteiger partial charge in [0, 0.05) is 17.9 Å². The molecule has 3 nitrogen and oxygen atoms in total. The maximum Gasteiger partial charge on any atom is 0.126 e. The van der Waals surface area contributed by atoms with Crippen molar-refractivity contribution < 1.29 is 15.2 Å². The van der Waals surface area contributed by atoms with Gasteiger partial charge in [-0.25, -0.2) is 0 Å². The first kappa shape index (κ1) is 13.8. The molecule has 100 valence electrons. The van der Waals surface area contributed by atoms with E-state index in [2.05, 4.69) is 5.32 Å². The number of nitrogens with two attached hydrogens (primary N) is 1. The van der Waals surface area contributed by atoms with E-state index in [1.54, 1.807) is 0 Å². The van der Waals surface area contributed by atoms with Crippen molar-refractivity contribution in [2.45, 2.75) is 38.0 Å². The van der Waals surface area contributed by atoms with E-state index >= 15 is 0 Å². The molecule has 0 saturated heterocycles. The number of benzene rings is 1. The van der Waals surface area contributed by atoms with Crippen molar-refractivity contribution in [3.63, 3.8) is 0 Å². The Bertz CT molecular complexity index is 365. The predicted octanol–water partition coefficient (Wildman–Crippen LogP) is 1.50. The van der Waals surface area contributed by atoms with Crippen molar-refractivity contribution in [2.24, 2.45) is 0 Å². The Labute approximate surface area is 113 Å². The van der Waals surface area contributed by atoms with Gasteiger partial charge in [-0.3, -0.25) is 0 Å². The number of hydrogen-bond donors (Lipinski definition) is 2. The van der Waals surface area contributed by atoms with Gasteiger partial charge >= 0.3 is 0 Å². The van der Waals surface area contributed by atoms with Crippen LogP contribution in [0.5, 0.6) is 0 Å². The molecule has 0 unspecified atom stereocenters. The fourth-order valence-corrected chi connectivity index (χ4v) is 1.96. The van der Waals surface area contributed by atoms with Crippen molar-refractivity contribution in [2.75, 3.05) is 13.2 Å². The third-order valence-corrected chi connectivity index (χ3v) is 3.49. The first-order valence-corrected chi connectivity index (χ1v) is 6.91. The molecule has 0 heterocycles. The van der Waals surface area contributed by atoms with Gasteiger partial charge < -0.3 is 15.2 Å². The van der Waals surface area contributed by atoms with Gasteiger partial charge in [0.2, 0.25) is 0 Å². The number of hydrogen-bond acceptors (Lipinski definition) is 2. The molecule has 0 bridgehead atoms. The van der Waals surface area contributed by atoms with Gasteiger partial charge in [0.15, 0.2) is 0 Å². The van der Waals surface area contributed by atoms with Crippen LogP contribution in [-0.2, 0) is 4.74 Å². The molecule has 0 spiro atoms. The number of aliphatic hydroxyl groups is 1. The summed E-state index contributed by atoms with van der Waals surface area (Å²) in [5.41, 5.74) is 1.08. The normalized spacial score (nSPS) is 18.6. The molecule has 2 rings (SSSR count). The highest BCUT2D eigenvalue weighted by molar-refractivity contribution is 6.30. The lowest BCUT2D eigenvalue weighted by Crippen LogP contribution is -2.88. The number of rotatable bonds is 7. The molecule has 4 heteroatoms. The van der Waals surface area contributed by atoms with E-state index < -0.39 is 0 Å². The monoisotopic (exact) mass is 270 g/mol. The van der Waals surface area contributed by atoms with E-state index in [1.165, 1.54) is 12.8 Å². The quantitative estimate of drug-likeness (QED) is 0.789. The minimum atomic E-state index is -0.389. The Kier molecular flexibility index (Phi) is 5.01. The standard InChI is InChI=1S/C14H20ClNO2/c1-10(11-2-4-12(15)5-3-11)18-9-14(17)8-16-13-6-7-13/h2-5,10,13-14,16-17H,6-9H2,1H3/p+1/t10-,14-/m1/s1. The molecule has 1 saturated carbocycles. The topological polar surface area (TPSA) is 46.1 Å². The number of quaternary nitrogens is 1. The molecule has 0 aliphatic heterocycles. The molecular weight excluding hydrogens is 250 g/mol. The minimum absolute atomic E-state index is 0.0159. The van der Waals surface area contributed by atoms with E-state index in [1.807, 2.05) is 31.2 Å². The zero-order valence-corrected chi connectivity index (χ0v) is 11.4. The molecule has 3 N–H and O–H groups in total. The maximum absolute atomic E-state index is 9.79. The highest BCUT2D eigenvalue weighted by Crippen LogP contribution is 2.19. The lowest BCUT2D eigenvalue weighted by atomic mass is 10.1. The SMILES string of the molecule is C[C@@H](OC[C@H](O)C[NH2+]C1CC1)c1ccc(Cl)cc1. The van der Waals surface area contributed by atoms with Crippen LogP contribution in [0.4, 0.5) is 0 Å². The fourth-order valence-electron chi connectivity index (χ4n) is 1.83. The summed E-state index contributed by atoms with van der Waals surface area (Å²) in [6.45, 7) is 3.10. The zero-order valence-electron chi connectivity index (χ0n) is 10.7. The van der Waals surface area contributed by atoms with Gasteiger partial charge in [-0.2, -0.15) is 0 Å². The van der Waals surface area contributed by atoms with Gasteiger partial charge in [-0.1, -0.05) is 23.7 Å². The van der Waals surface area contributed by atoms with Crippen molar-refractivity contribution >= 4 is 11.6 Å². The zero-order chi connectivity index (χ0) is 13.0. The molecule has 1 aromatic carbocycles. The van der Waals surface area contributed by atoms with Crippen LogP contribution in [-0.4, -0.2) is 30.4 Å². The van der Waals surface area contributed by atoms with Gasteiger partial charge in [0.25, 0.3) is 0 Å². The van der Waals surface area contributed by atoms with Crippen LogP contribution in [0.1, 0.15) is 31.4 Å². The Hall–Kier alpha value is -0.610. The molecule has 1 aromatic rings. The van der Waals surface area contributed by atoms with Crippen LogP contribution >= 0.6 is 11.6 Å². The molecule has 1 aliphatic carbocycles. The van der Waals surface area contributed by atoms with Crippen molar-refractivity contribution in [1.29, 1.82) is 0 Å². The van der Waals surface area contributed by atoms with Gasteiger partial charge in [-0.05, 0) is 24.6 Å². The third kappa shape index (κ3) is 4.58. The number of aliphatic hydroxyl groups excluding tert-OH is 1. The summed E-state index contributed by atoms with van der Waals surface area (Å²) in [6, 6.07) is 8.36.